The fourth-order valence-corrected chi connectivity index (χ4v) is 3.73. The Morgan fingerprint density at radius 2 is 1.82 bits per heavy atom. The molecule has 0 bridgehead atoms. The van der Waals surface area contributed by atoms with Crippen molar-refractivity contribution < 1.29 is 4.55 Å². The van der Waals surface area contributed by atoms with E-state index in [2.05, 4.69) is 23.1 Å². The Bertz CT molecular complexity index is 236. The lowest BCUT2D eigenvalue weighted by atomic mass is 9.71. The van der Waals surface area contributed by atoms with Crippen LogP contribution in [0.3, 0.4) is 0 Å². The van der Waals surface area contributed by atoms with Gasteiger partial charge in [-0.25, -0.2) is 0 Å². The zero-order chi connectivity index (χ0) is 12.4. The molecule has 17 heavy (non-hydrogen) atoms. The lowest BCUT2D eigenvalue weighted by Gasteiger charge is -2.47. The second-order valence-corrected chi connectivity index (χ2v) is 7.02. The standard InChI is InChI=1S/C13H26N2OS/c1-4-11(2)12-9-13(10-12)14-5-7-15(8-6-14)17(3)16/h11-13H,4-10H2,1-3H3. The van der Waals surface area contributed by atoms with Gasteiger partial charge in [0.15, 0.2) is 0 Å². The maximum atomic E-state index is 11.4. The van der Waals surface area contributed by atoms with Crippen molar-refractivity contribution >= 4 is 11.4 Å². The molecule has 4 heteroatoms. The molecule has 2 atom stereocenters. The van der Waals surface area contributed by atoms with Crippen LogP contribution in [0.15, 0.2) is 0 Å². The zero-order valence-corrected chi connectivity index (χ0v) is 12.2. The van der Waals surface area contributed by atoms with Crippen LogP contribution in [0.4, 0.5) is 0 Å². The van der Waals surface area contributed by atoms with Gasteiger partial charge in [-0.15, -0.1) is 4.31 Å². The van der Waals surface area contributed by atoms with Gasteiger partial charge in [0.05, 0.1) is 13.1 Å². The first-order valence-corrected chi connectivity index (χ1v) is 8.45. The van der Waals surface area contributed by atoms with Crippen LogP contribution < -0.4 is 0 Å². The predicted octanol–water partition coefficient (Wildman–Crippen LogP) is 1.72. The molecule has 1 saturated heterocycles. The summed E-state index contributed by atoms with van der Waals surface area (Å²) in [6.45, 7) is 8.86. The highest BCUT2D eigenvalue weighted by Gasteiger charge is 2.37. The Kier molecular flexibility index (Phi) is 4.75. The molecule has 1 aliphatic heterocycles. The Balaban J connectivity index is 1.70. The molecule has 2 rings (SSSR count). The molecular weight excluding hydrogens is 232 g/mol. The van der Waals surface area contributed by atoms with Crippen LogP contribution in [0, 0.1) is 11.8 Å². The van der Waals surface area contributed by atoms with E-state index in [9.17, 15) is 4.55 Å². The molecule has 1 saturated carbocycles. The first kappa shape index (κ1) is 13.7. The summed E-state index contributed by atoms with van der Waals surface area (Å²) < 4.78 is 13.4. The van der Waals surface area contributed by atoms with Gasteiger partial charge in [-0.05, 0) is 24.7 Å². The van der Waals surface area contributed by atoms with E-state index >= 15 is 0 Å². The fourth-order valence-electron chi connectivity index (χ4n) is 3.05. The molecule has 0 aromatic heterocycles. The Labute approximate surface area is 109 Å². The molecule has 0 N–H and O–H groups in total. The van der Waals surface area contributed by atoms with Gasteiger partial charge < -0.3 is 4.55 Å². The second-order valence-electron chi connectivity index (χ2n) is 5.66. The third kappa shape index (κ3) is 3.16. The average molecular weight is 258 g/mol. The lowest BCUT2D eigenvalue weighted by Crippen LogP contribution is -2.55. The largest absolute Gasteiger partial charge is 0.598 e. The van der Waals surface area contributed by atoms with Gasteiger partial charge in [-0.1, -0.05) is 20.3 Å². The Morgan fingerprint density at radius 1 is 1.24 bits per heavy atom. The van der Waals surface area contributed by atoms with Gasteiger partial charge >= 0.3 is 0 Å². The van der Waals surface area contributed by atoms with E-state index in [4.69, 9.17) is 0 Å². The van der Waals surface area contributed by atoms with Crippen LogP contribution in [0.1, 0.15) is 33.1 Å². The van der Waals surface area contributed by atoms with E-state index < -0.39 is 11.4 Å². The van der Waals surface area contributed by atoms with Crippen molar-refractivity contribution in [2.75, 3.05) is 32.4 Å². The van der Waals surface area contributed by atoms with Crippen molar-refractivity contribution in [3.05, 3.63) is 0 Å². The van der Waals surface area contributed by atoms with E-state index in [0.717, 1.165) is 44.1 Å². The molecule has 2 aliphatic rings. The molecule has 0 radical (unpaired) electrons. The van der Waals surface area contributed by atoms with Crippen LogP contribution in [-0.2, 0) is 11.4 Å². The highest BCUT2D eigenvalue weighted by molar-refractivity contribution is 7.88. The molecule has 2 fully saturated rings. The first-order valence-electron chi connectivity index (χ1n) is 6.94. The predicted molar refractivity (Wildman–Crippen MR) is 73.2 cm³/mol. The summed E-state index contributed by atoms with van der Waals surface area (Å²) in [7, 11) is 0. The summed E-state index contributed by atoms with van der Waals surface area (Å²) in [4.78, 5) is 2.61. The monoisotopic (exact) mass is 258 g/mol. The van der Waals surface area contributed by atoms with Crippen LogP contribution in [0.2, 0.25) is 0 Å². The summed E-state index contributed by atoms with van der Waals surface area (Å²) in [6.07, 6.45) is 5.90. The molecular formula is C13H26N2OS. The lowest BCUT2D eigenvalue weighted by molar-refractivity contribution is 0.0306. The van der Waals surface area contributed by atoms with Gasteiger partial charge in [0.25, 0.3) is 0 Å². The summed E-state index contributed by atoms with van der Waals surface area (Å²) in [5.74, 6) is 1.86. The number of piperazine rings is 1. The van der Waals surface area contributed by atoms with Crippen molar-refractivity contribution in [3.63, 3.8) is 0 Å². The van der Waals surface area contributed by atoms with Gasteiger partial charge in [0, 0.05) is 30.5 Å². The molecule has 1 heterocycles. The number of hydrogen-bond donors (Lipinski definition) is 0. The van der Waals surface area contributed by atoms with Crippen molar-refractivity contribution in [1.82, 2.24) is 9.21 Å². The molecule has 0 spiro atoms. The van der Waals surface area contributed by atoms with Crippen molar-refractivity contribution in [2.45, 2.75) is 39.2 Å². The Morgan fingerprint density at radius 3 is 2.29 bits per heavy atom. The Hall–Kier alpha value is 0.230. The fraction of sp³-hybridized carbons (Fsp3) is 1.00. The summed E-state index contributed by atoms with van der Waals surface area (Å²) in [5.41, 5.74) is 0. The van der Waals surface area contributed by atoms with E-state index in [1.807, 2.05) is 0 Å². The van der Waals surface area contributed by atoms with Crippen LogP contribution in [-0.4, -0.2) is 52.2 Å². The molecule has 0 aromatic rings. The normalized spacial score (nSPS) is 35.3. The van der Waals surface area contributed by atoms with Crippen LogP contribution in [0.5, 0.6) is 0 Å². The van der Waals surface area contributed by atoms with Crippen molar-refractivity contribution in [1.29, 1.82) is 0 Å². The average Bonchev–Trinajstić information content (AvgIpc) is 2.27. The smallest absolute Gasteiger partial charge is 0.115 e. The van der Waals surface area contributed by atoms with Gasteiger partial charge in [0.1, 0.15) is 6.26 Å². The van der Waals surface area contributed by atoms with Crippen LogP contribution >= 0.6 is 0 Å². The minimum Gasteiger partial charge on any atom is -0.598 e. The van der Waals surface area contributed by atoms with E-state index in [1.54, 1.807) is 6.26 Å². The van der Waals surface area contributed by atoms with Crippen molar-refractivity contribution in [2.24, 2.45) is 11.8 Å². The van der Waals surface area contributed by atoms with Gasteiger partial charge in [-0.2, -0.15) is 0 Å². The summed E-state index contributed by atoms with van der Waals surface area (Å²) in [6, 6.07) is 0.821. The van der Waals surface area contributed by atoms with Gasteiger partial charge in [0.2, 0.25) is 0 Å². The molecule has 0 amide bonds. The molecule has 100 valence electrons. The third-order valence-electron chi connectivity index (χ3n) is 4.75. The van der Waals surface area contributed by atoms with Crippen molar-refractivity contribution in [3.8, 4) is 0 Å². The highest BCUT2D eigenvalue weighted by atomic mass is 32.2. The maximum Gasteiger partial charge on any atom is 0.115 e. The minimum atomic E-state index is -0.773. The molecule has 0 aromatic carbocycles. The number of nitrogens with zero attached hydrogens (tertiary/aromatic N) is 2. The number of rotatable bonds is 4. The third-order valence-corrected chi connectivity index (χ3v) is 5.84. The van der Waals surface area contributed by atoms with Gasteiger partial charge in [-0.3, -0.25) is 4.90 Å². The van der Waals surface area contributed by atoms with E-state index in [-0.39, 0.29) is 0 Å². The van der Waals surface area contributed by atoms with E-state index in [1.165, 1.54) is 19.3 Å². The number of hydrogen-bond acceptors (Lipinski definition) is 3. The first-order chi connectivity index (χ1) is 8.11. The summed E-state index contributed by atoms with van der Waals surface area (Å²) >= 11 is -0.773. The quantitative estimate of drug-likeness (QED) is 0.719. The zero-order valence-electron chi connectivity index (χ0n) is 11.4. The topological polar surface area (TPSA) is 29.5 Å². The minimum absolute atomic E-state index is 0.773. The van der Waals surface area contributed by atoms with Crippen LogP contribution in [0.25, 0.3) is 0 Å². The summed E-state index contributed by atoms with van der Waals surface area (Å²) in [5, 5.41) is 0. The second kappa shape index (κ2) is 5.91. The van der Waals surface area contributed by atoms with E-state index in [0.29, 0.717) is 0 Å². The molecule has 1 aliphatic carbocycles. The molecule has 2 unspecified atom stereocenters. The molecule has 3 nitrogen and oxygen atoms in total. The maximum absolute atomic E-state index is 11.4. The SMILES string of the molecule is CCC(C)C1CC(N2CCN([S+](C)[O-])CC2)C1. The highest BCUT2D eigenvalue weighted by Crippen LogP contribution is 2.38.